The van der Waals surface area contributed by atoms with Gasteiger partial charge in [-0.3, -0.25) is 19.3 Å². The predicted molar refractivity (Wildman–Crippen MR) is 69.2 cm³/mol. The molecule has 2 rings (SSSR count). The Morgan fingerprint density at radius 2 is 2.20 bits per heavy atom. The van der Waals surface area contributed by atoms with E-state index in [0.29, 0.717) is 10.7 Å². The molecule has 0 saturated carbocycles. The molecule has 0 bridgehead atoms. The minimum absolute atomic E-state index is 0.0406. The van der Waals surface area contributed by atoms with Crippen molar-refractivity contribution in [1.29, 1.82) is 0 Å². The molecule has 1 amide bonds. The van der Waals surface area contributed by atoms with Crippen molar-refractivity contribution in [1.82, 2.24) is 19.5 Å². The van der Waals surface area contributed by atoms with Crippen molar-refractivity contribution in [3.63, 3.8) is 0 Å². The number of carboxylic acids is 1. The number of rotatable bonds is 6. The van der Waals surface area contributed by atoms with Crippen LogP contribution in [0.1, 0.15) is 5.69 Å². The van der Waals surface area contributed by atoms with Crippen LogP contribution >= 0.6 is 11.3 Å². The van der Waals surface area contributed by atoms with Crippen molar-refractivity contribution in [2.24, 2.45) is 5.73 Å². The smallest absolute Gasteiger partial charge is 0.317 e. The van der Waals surface area contributed by atoms with E-state index < -0.39 is 11.9 Å². The molecule has 3 N–H and O–H groups in total. The van der Waals surface area contributed by atoms with Crippen molar-refractivity contribution < 1.29 is 14.7 Å². The zero-order valence-electron chi connectivity index (χ0n) is 10.2. The van der Waals surface area contributed by atoms with E-state index >= 15 is 0 Å². The van der Waals surface area contributed by atoms with Gasteiger partial charge < -0.3 is 10.8 Å². The first-order valence-electron chi connectivity index (χ1n) is 5.50. The fourth-order valence-electron chi connectivity index (χ4n) is 1.69. The molecule has 2 aromatic heterocycles. The number of carbonyl (C=O) groups is 2. The number of nitrogens with zero attached hydrogens (tertiary/aromatic N) is 4. The molecular weight excluding hydrogens is 286 g/mol. The Kier molecular flexibility index (Phi) is 4.05. The molecule has 0 atom stereocenters. The van der Waals surface area contributed by atoms with E-state index in [0.717, 1.165) is 4.52 Å². The normalized spacial score (nSPS) is 11.1. The van der Waals surface area contributed by atoms with Gasteiger partial charge in [0.05, 0.1) is 18.8 Å². The summed E-state index contributed by atoms with van der Waals surface area (Å²) < 4.78 is 1.14. The average Bonchev–Trinajstić information content (AvgIpc) is 2.75. The van der Waals surface area contributed by atoms with Gasteiger partial charge in [0, 0.05) is 12.6 Å². The van der Waals surface area contributed by atoms with Gasteiger partial charge in [-0.1, -0.05) is 11.3 Å². The minimum Gasteiger partial charge on any atom is -0.480 e. The third-order valence-electron chi connectivity index (χ3n) is 2.36. The maximum Gasteiger partial charge on any atom is 0.317 e. The van der Waals surface area contributed by atoms with Crippen LogP contribution in [0.25, 0.3) is 4.96 Å². The van der Waals surface area contributed by atoms with Crippen LogP contribution in [-0.4, -0.2) is 49.6 Å². The van der Waals surface area contributed by atoms with Crippen molar-refractivity contribution in [2.45, 2.75) is 6.54 Å². The highest BCUT2D eigenvalue weighted by Gasteiger charge is 2.15. The summed E-state index contributed by atoms with van der Waals surface area (Å²) in [4.78, 5) is 39.3. The van der Waals surface area contributed by atoms with Crippen LogP contribution < -0.4 is 11.3 Å². The Bertz CT molecular complexity index is 693. The molecule has 0 aliphatic rings. The fraction of sp³-hybridized carbons (Fsp3) is 0.300. The molecule has 0 radical (unpaired) electrons. The van der Waals surface area contributed by atoms with Crippen LogP contribution in [0, 0.1) is 0 Å². The van der Waals surface area contributed by atoms with E-state index in [1.54, 1.807) is 0 Å². The SMILES string of the molecule is NC(=O)CN(CC(=O)O)Cc1cc(=O)n2ncsc2n1. The second-order valence-electron chi connectivity index (χ2n) is 4.02. The molecule has 2 heterocycles. The second-order valence-corrected chi connectivity index (χ2v) is 4.84. The van der Waals surface area contributed by atoms with Crippen LogP contribution in [0.15, 0.2) is 16.4 Å². The lowest BCUT2D eigenvalue weighted by molar-refractivity contribution is -0.138. The van der Waals surface area contributed by atoms with Gasteiger partial charge in [-0.15, -0.1) is 0 Å². The quantitative estimate of drug-likeness (QED) is 0.665. The molecular formula is C10H11N5O4S. The van der Waals surface area contributed by atoms with Gasteiger partial charge in [-0.25, -0.2) is 4.98 Å². The molecule has 0 fully saturated rings. The third kappa shape index (κ3) is 3.36. The van der Waals surface area contributed by atoms with Gasteiger partial charge in [0.1, 0.15) is 5.51 Å². The number of hydrogen-bond acceptors (Lipinski definition) is 7. The molecule has 20 heavy (non-hydrogen) atoms. The highest BCUT2D eigenvalue weighted by atomic mass is 32.1. The van der Waals surface area contributed by atoms with Gasteiger partial charge >= 0.3 is 5.97 Å². The van der Waals surface area contributed by atoms with E-state index in [2.05, 4.69) is 10.1 Å². The average molecular weight is 297 g/mol. The first kappa shape index (κ1) is 14.1. The fourth-order valence-corrected chi connectivity index (χ4v) is 2.33. The number of nitrogens with two attached hydrogens (primary N) is 1. The first-order chi connectivity index (χ1) is 9.45. The first-order valence-corrected chi connectivity index (χ1v) is 6.38. The zero-order chi connectivity index (χ0) is 14.7. The zero-order valence-corrected chi connectivity index (χ0v) is 11.0. The summed E-state index contributed by atoms with van der Waals surface area (Å²) in [6.45, 7) is -0.554. The summed E-state index contributed by atoms with van der Waals surface area (Å²) in [5.41, 5.74) is 6.54. The number of carbonyl (C=O) groups excluding carboxylic acids is 1. The van der Waals surface area contributed by atoms with Crippen LogP contribution in [0.4, 0.5) is 0 Å². The lowest BCUT2D eigenvalue weighted by Gasteiger charge is -2.17. The highest BCUT2D eigenvalue weighted by molar-refractivity contribution is 7.14. The Morgan fingerprint density at radius 3 is 2.85 bits per heavy atom. The van der Waals surface area contributed by atoms with Crippen molar-refractivity contribution >= 4 is 28.2 Å². The Balaban J connectivity index is 2.25. The molecule has 0 unspecified atom stereocenters. The van der Waals surface area contributed by atoms with E-state index in [1.165, 1.54) is 27.8 Å². The summed E-state index contributed by atoms with van der Waals surface area (Å²) in [5, 5.41) is 12.6. The number of aromatic nitrogens is 3. The Hall–Kier alpha value is -2.33. The topological polar surface area (TPSA) is 131 Å². The van der Waals surface area contributed by atoms with Gasteiger partial charge in [0.25, 0.3) is 5.56 Å². The van der Waals surface area contributed by atoms with Crippen LogP contribution in [0.3, 0.4) is 0 Å². The predicted octanol–water partition coefficient (Wildman–Crippen LogP) is -1.48. The summed E-state index contributed by atoms with van der Waals surface area (Å²) in [5.74, 6) is -1.75. The molecule has 2 aromatic rings. The molecule has 0 aliphatic heterocycles. The van der Waals surface area contributed by atoms with E-state index in [-0.39, 0.29) is 25.2 Å². The van der Waals surface area contributed by atoms with Crippen LogP contribution in [0.2, 0.25) is 0 Å². The lowest BCUT2D eigenvalue weighted by Crippen LogP contribution is -2.37. The van der Waals surface area contributed by atoms with E-state index in [1.807, 2.05) is 0 Å². The number of primary amides is 1. The van der Waals surface area contributed by atoms with Gasteiger partial charge in [0.15, 0.2) is 0 Å². The molecule has 0 spiro atoms. The van der Waals surface area contributed by atoms with Crippen molar-refractivity contribution in [2.75, 3.05) is 13.1 Å². The largest absolute Gasteiger partial charge is 0.480 e. The van der Waals surface area contributed by atoms with E-state index in [9.17, 15) is 14.4 Å². The van der Waals surface area contributed by atoms with Gasteiger partial charge in [-0.05, 0) is 0 Å². The maximum atomic E-state index is 11.7. The Labute approximate surface area is 116 Å². The number of carboxylic acid groups (broad SMARTS) is 1. The molecule has 10 heteroatoms. The summed E-state index contributed by atoms with van der Waals surface area (Å²) in [6.07, 6.45) is 0. The second kappa shape index (κ2) is 5.75. The molecule has 0 saturated heterocycles. The lowest BCUT2D eigenvalue weighted by atomic mass is 10.3. The summed E-state index contributed by atoms with van der Waals surface area (Å²) in [6, 6.07) is 1.25. The van der Waals surface area contributed by atoms with E-state index in [4.69, 9.17) is 10.8 Å². The van der Waals surface area contributed by atoms with Crippen LogP contribution in [0.5, 0.6) is 0 Å². The number of aliphatic carboxylic acids is 1. The number of fused-ring (bicyclic) bond motifs is 1. The standard InChI is InChI=1S/C10H11N5O4S/c11-7(16)3-14(4-9(18)19)2-6-1-8(17)15-10(13-6)20-5-12-15/h1,5H,2-4H2,(H2,11,16)(H,18,19). The summed E-state index contributed by atoms with van der Waals surface area (Å²) in [7, 11) is 0. The van der Waals surface area contributed by atoms with Crippen LogP contribution in [-0.2, 0) is 16.1 Å². The molecule has 0 aromatic carbocycles. The van der Waals surface area contributed by atoms with Gasteiger partial charge in [-0.2, -0.15) is 9.61 Å². The van der Waals surface area contributed by atoms with Crippen molar-refractivity contribution in [3.8, 4) is 0 Å². The number of hydrogen-bond donors (Lipinski definition) is 2. The molecule has 0 aliphatic carbocycles. The minimum atomic E-state index is -1.10. The summed E-state index contributed by atoms with van der Waals surface area (Å²) >= 11 is 1.18. The molecule has 106 valence electrons. The Morgan fingerprint density at radius 1 is 1.45 bits per heavy atom. The number of amides is 1. The monoisotopic (exact) mass is 297 g/mol. The van der Waals surface area contributed by atoms with Gasteiger partial charge in [0.2, 0.25) is 10.9 Å². The van der Waals surface area contributed by atoms with Crippen molar-refractivity contribution in [3.05, 3.63) is 27.6 Å². The maximum absolute atomic E-state index is 11.7. The highest BCUT2D eigenvalue weighted by Crippen LogP contribution is 2.06. The molecule has 9 nitrogen and oxygen atoms in total. The third-order valence-corrected chi connectivity index (χ3v) is 3.04.